The first-order valence-corrected chi connectivity index (χ1v) is 5.66. The van der Waals surface area contributed by atoms with E-state index in [9.17, 15) is 13.2 Å². The third-order valence-corrected chi connectivity index (χ3v) is 3.34. The summed E-state index contributed by atoms with van der Waals surface area (Å²) in [6.07, 6.45) is -1.67. The molecular weight excluding hydrogens is 213 g/mol. The van der Waals surface area contributed by atoms with E-state index >= 15 is 0 Å². The Morgan fingerprint density at radius 2 is 1.69 bits per heavy atom. The fourth-order valence-corrected chi connectivity index (χ4v) is 2.14. The van der Waals surface area contributed by atoms with Crippen LogP contribution < -0.4 is 0 Å². The molecule has 1 saturated carbocycles. The Morgan fingerprint density at radius 1 is 1.12 bits per heavy atom. The van der Waals surface area contributed by atoms with Crippen molar-refractivity contribution in [1.82, 2.24) is 0 Å². The van der Waals surface area contributed by atoms with Gasteiger partial charge in [0.1, 0.15) is 0 Å². The van der Waals surface area contributed by atoms with Gasteiger partial charge in [0.2, 0.25) is 0 Å². The topological polar surface area (TPSA) is 0 Å². The van der Waals surface area contributed by atoms with E-state index in [2.05, 4.69) is 6.92 Å². The Labute approximate surface area is 93.5 Å². The number of halogens is 3. The van der Waals surface area contributed by atoms with Crippen LogP contribution >= 0.6 is 0 Å². The summed E-state index contributed by atoms with van der Waals surface area (Å²) in [6, 6.07) is 6.94. The highest BCUT2D eigenvalue weighted by Crippen LogP contribution is 2.58. The smallest absolute Gasteiger partial charge is 0.170 e. The number of benzene rings is 1. The number of hydrogen-bond donors (Lipinski definition) is 0. The van der Waals surface area contributed by atoms with Crippen LogP contribution in [0.1, 0.15) is 37.3 Å². The van der Waals surface area contributed by atoms with Gasteiger partial charge in [0.05, 0.1) is 5.41 Å². The number of alkyl halides is 3. The monoisotopic (exact) mass is 228 g/mol. The zero-order chi connectivity index (χ0) is 11.8. The van der Waals surface area contributed by atoms with Crippen molar-refractivity contribution in [2.24, 2.45) is 0 Å². The maximum atomic E-state index is 12.8. The summed E-state index contributed by atoms with van der Waals surface area (Å²) in [5.74, 6) is 0. The minimum Gasteiger partial charge on any atom is -0.170 e. The van der Waals surface area contributed by atoms with Gasteiger partial charge in [0.25, 0.3) is 0 Å². The standard InChI is InChI=1S/C13H15F3/c1-2-3-10-4-6-11(7-5-10)12(8-9-12)13(14,15)16/h4-7H,2-3,8-9H2,1H3. The number of aryl methyl sites for hydroxylation is 1. The molecule has 0 unspecified atom stereocenters. The molecule has 1 aromatic rings. The largest absolute Gasteiger partial charge is 0.398 e. The summed E-state index contributed by atoms with van der Waals surface area (Å²) in [6.45, 7) is 2.06. The first-order valence-electron chi connectivity index (χ1n) is 5.66. The number of hydrogen-bond acceptors (Lipinski definition) is 0. The van der Waals surface area contributed by atoms with E-state index in [1.165, 1.54) is 0 Å². The van der Waals surface area contributed by atoms with Crippen LogP contribution in [0, 0.1) is 0 Å². The maximum absolute atomic E-state index is 12.8. The molecule has 3 heteroatoms. The molecule has 0 saturated heterocycles. The Hall–Kier alpha value is -0.990. The van der Waals surface area contributed by atoms with Gasteiger partial charge in [0, 0.05) is 0 Å². The maximum Gasteiger partial charge on any atom is 0.398 e. The third kappa shape index (κ3) is 1.83. The van der Waals surface area contributed by atoms with Crippen LogP contribution in [0.15, 0.2) is 24.3 Å². The van der Waals surface area contributed by atoms with E-state index in [4.69, 9.17) is 0 Å². The lowest BCUT2D eigenvalue weighted by atomic mass is 9.94. The molecule has 0 nitrogen and oxygen atoms in total. The Kier molecular flexibility index (Phi) is 2.72. The third-order valence-electron chi connectivity index (χ3n) is 3.34. The van der Waals surface area contributed by atoms with Crippen molar-refractivity contribution in [3.8, 4) is 0 Å². The molecule has 0 aromatic heterocycles. The average Bonchev–Trinajstić information content (AvgIpc) is 2.99. The van der Waals surface area contributed by atoms with E-state index in [0.717, 1.165) is 18.4 Å². The molecule has 0 spiro atoms. The molecule has 0 radical (unpaired) electrons. The summed E-state index contributed by atoms with van der Waals surface area (Å²) >= 11 is 0. The van der Waals surface area contributed by atoms with Crippen LogP contribution in [0.3, 0.4) is 0 Å². The van der Waals surface area contributed by atoms with Gasteiger partial charge in [-0.1, -0.05) is 37.6 Å². The van der Waals surface area contributed by atoms with Crippen molar-refractivity contribution >= 4 is 0 Å². The molecule has 1 fully saturated rings. The molecule has 0 amide bonds. The van der Waals surface area contributed by atoms with Gasteiger partial charge in [-0.05, 0) is 30.4 Å². The van der Waals surface area contributed by atoms with Crippen LogP contribution in [0.25, 0.3) is 0 Å². The minimum absolute atomic E-state index is 0.240. The summed E-state index contributed by atoms with van der Waals surface area (Å²) < 4.78 is 38.5. The normalized spacial score (nSPS) is 18.5. The molecule has 0 bridgehead atoms. The van der Waals surface area contributed by atoms with Crippen molar-refractivity contribution in [2.75, 3.05) is 0 Å². The first-order chi connectivity index (χ1) is 7.49. The van der Waals surface area contributed by atoms with Crippen LogP contribution in [0.4, 0.5) is 13.2 Å². The zero-order valence-electron chi connectivity index (χ0n) is 9.27. The Morgan fingerprint density at radius 3 is 2.06 bits per heavy atom. The molecule has 0 N–H and O–H groups in total. The summed E-state index contributed by atoms with van der Waals surface area (Å²) in [7, 11) is 0. The quantitative estimate of drug-likeness (QED) is 0.726. The van der Waals surface area contributed by atoms with Crippen molar-refractivity contribution in [1.29, 1.82) is 0 Å². The van der Waals surface area contributed by atoms with Gasteiger partial charge in [-0.15, -0.1) is 0 Å². The van der Waals surface area contributed by atoms with Crippen molar-refractivity contribution < 1.29 is 13.2 Å². The van der Waals surface area contributed by atoms with E-state index in [0.29, 0.717) is 5.56 Å². The highest BCUT2D eigenvalue weighted by atomic mass is 19.4. The Bertz CT molecular complexity index is 358. The van der Waals surface area contributed by atoms with Crippen molar-refractivity contribution in [3.63, 3.8) is 0 Å². The minimum atomic E-state index is -4.10. The predicted octanol–water partition coefficient (Wildman–Crippen LogP) is 4.23. The van der Waals surface area contributed by atoms with Gasteiger partial charge in [-0.3, -0.25) is 0 Å². The fourth-order valence-electron chi connectivity index (χ4n) is 2.14. The predicted molar refractivity (Wildman–Crippen MR) is 57.4 cm³/mol. The molecular formula is C13H15F3. The van der Waals surface area contributed by atoms with Crippen LogP contribution in [0.5, 0.6) is 0 Å². The lowest BCUT2D eigenvalue weighted by molar-refractivity contribution is -0.160. The van der Waals surface area contributed by atoms with Crippen LogP contribution in [-0.2, 0) is 11.8 Å². The van der Waals surface area contributed by atoms with Gasteiger partial charge in [0.15, 0.2) is 0 Å². The van der Waals surface area contributed by atoms with Gasteiger partial charge < -0.3 is 0 Å². The summed E-state index contributed by atoms with van der Waals surface area (Å²) in [5, 5.41) is 0. The molecule has 16 heavy (non-hydrogen) atoms. The highest BCUT2D eigenvalue weighted by molar-refractivity contribution is 5.35. The van der Waals surface area contributed by atoms with Crippen molar-refractivity contribution in [3.05, 3.63) is 35.4 Å². The van der Waals surface area contributed by atoms with Gasteiger partial charge in [-0.2, -0.15) is 13.2 Å². The molecule has 1 aromatic carbocycles. The lowest BCUT2D eigenvalue weighted by Gasteiger charge is -2.19. The van der Waals surface area contributed by atoms with Gasteiger partial charge in [-0.25, -0.2) is 0 Å². The molecule has 0 heterocycles. The fraction of sp³-hybridized carbons (Fsp3) is 0.538. The molecule has 1 aliphatic carbocycles. The van der Waals surface area contributed by atoms with Gasteiger partial charge >= 0.3 is 6.18 Å². The molecule has 88 valence electrons. The van der Waals surface area contributed by atoms with Crippen LogP contribution in [0.2, 0.25) is 0 Å². The second kappa shape index (κ2) is 3.79. The molecule has 2 rings (SSSR count). The molecule has 0 atom stereocenters. The van der Waals surface area contributed by atoms with Crippen LogP contribution in [-0.4, -0.2) is 6.18 Å². The molecule has 1 aliphatic rings. The lowest BCUT2D eigenvalue weighted by Crippen LogP contribution is -2.28. The Balaban J connectivity index is 2.22. The number of rotatable bonds is 3. The van der Waals surface area contributed by atoms with E-state index in [1.807, 2.05) is 12.1 Å². The second-order valence-electron chi connectivity index (χ2n) is 4.53. The average molecular weight is 228 g/mol. The summed E-state index contributed by atoms with van der Waals surface area (Å²) in [5.41, 5.74) is 0.0154. The highest BCUT2D eigenvalue weighted by Gasteiger charge is 2.64. The second-order valence-corrected chi connectivity index (χ2v) is 4.53. The van der Waals surface area contributed by atoms with E-state index < -0.39 is 11.6 Å². The summed E-state index contributed by atoms with van der Waals surface area (Å²) in [4.78, 5) is 0. The van der Waals surface area contributed by atoms with E-state index in [1.54, 1.807) is 12.1 Å². The van der Waals surface area contributed by atoms with Crippen molar-refractivity contribution in [2.45, 2.75) is 44.2 Å². The zero-order valence-corrected chi connectivity index (χ0v) is 9.27. The van der Waals surface area contributed by atoms with E-state index in [-0.39, 0.29) is 12.8 Å². The molecule has 0 aliphatic heterocycles. The SMILES string of the molecule is CCCc1ccc(C2(C(F)(F)F)CC2)cc1. The first kappa shape index (κ1) is 11.5.